The van der Waals surface area contributed by atoms with Crippen LogP contribution in [0.4, 0.5) is 0 Å². The third-order valence-corrected chi connectivity index (χ3v) is 7.08. The van der Waals surface area contributed by atoms with E-state index in [1.54, 1.807) is 0 Å². The Morgan fingerprint density at radius 1 is 0.633 bits per heavy atom. The van der Waals surface area contributed by atoms with Gasteiger partial charge < -0.3 is 9.22 Å². The van der Waals surface area contributed by atoms with Crippen molar-refractivity contribution in [3.8, 4) is 0 Å². The molecule has 0 spiro atoms. The molecule has 2 aromatic carbocycles. The summed E-state index contributed by atoms with van der Waals surface area (Å²) >= 11 is 0. The van der Waals surface area contributed by atoms with E-state index in [9.17, 15) is 0 Å². The van der Waals surface area contributed by atoms with Gasteiger partial charge in [-0.2, -0.15) is 0 Å². The molecule has 2 heteroatoms. The second-order valence-corrected chi connectivity index (χ2v) is 8.84. The minimum absolute atomic E-state index is 0.835. The molecule has 0 unspecified atom stereocenters. The van der Waals surface area contributed by atoms with Crippen molar-refractivity contribution < 1.29 is 9.22 Å². The van der Waals surface area contributed by atoms with Crippen LogP contribution in [0.1, 0.15) is 77.7 Å². The number of fused-ring (bicyclic) bond motifs is 1. The molecule has 0 saturated heterocycles. The van der Waals surface area contributed by atoms with Gasteiger partial charge in [-0.1, -0.05) is 74.6 Å². The molecule has 0 atom stereocenters. The average Bonchev–Trinajstić information content (AvgIpc) is 2.80. The molecule has 0 radical (unpaired) electrons. The summed E-state index contributed by atoms with van der Waals surface area (Å²) in [6.07, 6.45) is 11.9. The lowest BCUT2D eigenvalue weighted by Gasteiger charge is -2.35. The highest BCUT2D eigenvalue weighted by molar-refractivity contribution is 5.85. The Hall–Kier alpha value is -1.38. The summed E-state index contributed by atoms with van der Waals surface area (Å²) in [5, 5.41) is 2.70. The van der Waals surface area contributed by atoms with Gasteiger partial charge in [-0.05, 0) is 62.8 Å². The molecule has 0 aliphatic heterocycles. The molecule has 0 bridgehead atoms. The number of ether oxygens (including phenoxy) is 1. The maximum Gasteiger partial charge on any atom is 0.0786 e. The lowest BCUT2D eigenvalue weighted by molar-refractivity contribution is -0.923. The standard InChI is InChI=1S/C28H46NO/c1-4-29(5-2,6-3)23-15-11-9-7-8-10-12-16-24-30-25-22-27-20-17-19-26-18-13-14-21-28(26)27/h13-14,17-21H,4-12,15-16,22-25H2,1-3H3/q+1. The first-order chi connectivity index (χ1) is 14.7. The van der Waals surface area contributed by atoms with Crippen LogP contribution < -0.4 is 0 Å². The van der Waals surface area contributed by atoms with Crippen molar-refractivity contribution in [3.05, 3.63) is 48.0 Å². The van der Waals surface area contributed by atoms with Gasteiger partial charge in [0.1, 0.15) is 0 Å². The van der Waals surface area contributed by atoms with Gasteiger partial charge >= 0.3 is 0 Å². The number of unbranched alkanes of at least 4 members (excludes halogenated alkanes) is 7. The maximum atomic E-state index is 5.91. The molecule has 0 heterocycles. The number of quaternary nitrogens is 1. The quantitative estimate of drug-likeness (QED) is 0.194. The van der Waals surface area contributed by atoms with Crippen LogP contribution in [-0.4, -0.2) is 43.9 Å². The van der Waals surface area contributed by atoms with Gasteiger partial charge in [0.05, 0.1) is 32.8 Å². The predicted molar refractivity (Wildman–Crippen MR) is 132 cm³/mol. The van der Waals surface area contributed by atoms with Crippen LogP contribution in [0.2, 0.25) is 0 Å². The van der Waals surface area contributed by atoms with E-state index >= 15 is 0 Å². The van der Waals surface area contributed by atoms with Crippen LogP contribution in [0.5, 0.6) is 0 Å². The van der Waals surface area contributed by atoms with Crippen LogP contribution in [-0.2, 0) is 11.2 Å². The first-order valence-corrected chi connectivity index (χ1v) is 12.6. The zero-order valence-electron chi connectivity index (χ0n) is 20.0. The van der Waals surface area contributed by atoms with Crippen LogP contribution in [0.25, 0.3) is 10.8 Å². The van der Waals surface area contributed by atoms with Gasteiger partial charge in [0, 0.05) is 6.61 Å². The van der Waals surface area contributed by atoms with Gasteiger partial charge in [-0.25, -0.2) is 0 Å². The van der Waals surface area contributed by atoms with Crippen molar-refractivity contribution in [2.75, 3.05) is 39.4 Å². The first-order valence-electron chi connectivity index (χ1n) is 12.6. The molecule has 2 rings (SSSR count). The Balaban J connectivity index is 1.43. The number of hydrogen-bond donors (Lipinski definition) is 0. The molecule has 0 fully saturated rings. The summed E-state index contributed by atoms with van der Waals surface area (Å²) < 4.78 is 7.21. The van der Waals surface area contributed by atoms with E-state index in [1.165, 1.54) is 98.4 Å². The monoisotopic (exact) mass is 412 g/mol. The molecule has 0 aliphatic carbocycles. The minimum atomic E-state index is 0.835. The van der Waals surface area contributed by atoms with E-state index in [0.717, 1.165) is 19.6 Å². The summed E-state index contributed by atoms with van der Waals surface area (Å²) in [7, 11) is 0. The summed E-state index contributed by atoms with van der Waals surface area (Å²) in [6, 6.07) is 15.2. The normalized spacial score (nSPS) is 12.0. The second-order valence-electron chi connectivity index (χ2n) is 8.84. The van der Waals surface area contributed by atoms with E-state index in [1.807, 2.05) is 0 Å². The van der Waals surface area contributed by atoms with Gasteiger partial charge in [0.25, 0.3) is 0 Å². The third-order valence-electron chi connectivity index (χ3n) is 7.08. The molecular weight excluding hydrogens is 366 g/mol. The van der Waals surface area contributed by atoms with Crippen molar-refractivity contribution in [3.63, 3.8) is 0 Å². The molecule has 0 aliphatic rings. The molecule has 168 valence electrons. The van der Waals surface area contributed by atoms with E-state index in [0.29, 0.717) is 0 Å². The summed E-state index contributed by atoms with van der Waals surface area (Å²) in [5.74, 6) is 0. The fraction of sp³-hybridized carbons (Fsp3) is 0.643. The van der Waals surface area contributed by atoms with Gasteiger partial charge in [-0.3, -0.25) is 0 Å². The highest BCUT2D eigenvalue weighted by Gasteiger charge is 2.19. The zero-order valence-corrected chi connectivity index (χ0v) is 20.0. The third kappa shape index (κ3) is 8.40. The van der Waals surface area contributed by atoms with E-state index in [2.05, 4.69) is 63.2 Å². The van der Waals surface area contributed by atoms with Crippen molar-refractivity contribution in [2.45, 2.75) is 78.6 Å². The molecule has 2 nitrogen and oxygen atoms in total. The fourth-order valence-corrected chi connectivity index (χ4v) is 4.65. The van der Waals surface area contributed by atoms with Gasteiger partial charge in [-0.15, -0.1) is 0 Å². The van der Waals surface area contributed by atoms with Crippen molar-refractivity contribution in [1.82, 2.24) is 0 Å². The number of hydrogen-bond acceptors (Lipinski definition) is 1. The smallest absolute Gasteiger partial charge is 0.0786 e. The highest BCUT2D eigenvalue weighted by atomic mass is 16.5. The summed E-state index contributed by atoms with van der Waals surface area (Å²) in [5.41, 5.74) is 1.40. The van der Waals surface area contributed by atoms with Crippen molar-refractivity contribution in [1.29, 1.82) is 0 Å². The van der Waals surface area contributed by atoms with Crippen molar-refractivity contribution in [2.24, 2.45) is 0 Å². The SMILES string of the molecule is CC[N+](CC)(CC)CCCCCCCCCCOCCc1cccc2ccccc12. The minimum Gasteiger partial charge on any atom is -0.381 e. The molecule has 0 aromatic heterocycles. The lowest BCUT2D eigenvalue weighted by atomic mass is 10.0. The Kier molecular flexibility index (Phi) is 12.1. The Morgan fingerprint density at radius 3 is 1.93 bits per heavy atom. The van der Waals surface area contributed by atoms with Gasteiger partial charge in [0.2, 0.25) is 0 Å². The first kappa shape index (κ1) is 24.9. The molecule has 30 heavy (non-hydrogen) atoms. The maximum absolute atomic E-state index is 5.91. The topological polar surface area (TPSA) is 9.23 Å². The number of benzene rings is 2. The van der Waals surface area contributed by atoms with Crippen LogP contribution in [0.3, 0.4) is 0 Å². The molecule has 2 aromatic rings. The Labute approximate surface area is 186 Å². The largest absolute Gasteiger partial charge is 0.381 e. The molecule has 0 amide bonds. The second kappa shape index (κ2) is 14.6. The van der Waals surface area contributed by atoms with Gasteiger partial charge in [0.15, 0.2) is 0 Å². The van der Waals surface area contributed by atoms with Crippen molar-refractivity contribution >= 4 is 10.8 Å². The molecule has 0 N–H and O–H groups in total. The van der Waals surface area contributed by atoms with Crippen LogP contribution in [0, 0.1) is 0 Å². The number of rotatable bonds is 17. The number of nitrogens with zero attached hydrogens (tertiary/aromatic N) is 1. The van der Waals surface area contributed by atoms with E-state index in [4.69, 9.17) is 4.74 Å². The molecular formula is C28H46NO+. The Morgan fingerprint density at radius 2 is 1.23 bits per heavy atom. The predicted octanol–water partition coefficient (Wildman–Crippen LogP) is 7.40. The summed E-state index contributed by atoms with van der Waals surface area (Å²) in [6.45, 7) is 14.0. The average molecular weight is 413 g/mol. The highest BCUT2D eigenvalue weighted by Crippen LogP contribution is 2.19. The molecule has 0 saturated carbocycles. The van der Waals surface area contributed by atoms with E-state index in [-0.39, 0.29) is 0 Å². The summed E-state index contributed by atoms with van der Waals surface area (Å²) in [4.78, 5) is 0. The lowest BCUT2D eigenvalue weighted by Crippen LogP contribution is -2.48. The van der Waals surface area contributed by atoms with E-state index < -0.39 is 0 Å². The fourth-order valence-electron chi connectivity index (χ4n) is 4.65. The van der Waals surface area contributed by atoms with Crippen LogP contribution >= 0.6 is 0 Å². The zero-order chi connectivity index (χ0) is 21.5. The van der Waals surface area contributed by atoms with Crippen LogP contribution in [0.15, 0.2) is 42.5 Å². The Bertz CT molecular complexity index is 678.